The number of hydrogen-bond acceptors (Lipinski definition) is 6. The van der Waals surface area contributed by atoms with Gasteiger partial charge in [-0.25, -0.2) is 10.2 Å². The number of hydrazone groups is 1. The normalized spacial score (nSPS) is 10.8. The van der Waals surface area contributed by atoms with E-state index in [1.54, 1.807) is 49.4 Å². The topological polar surface area (TPSA) is 106 Å². The first-order valence-electron chi connectivity index (χ1n) is 8.58. The lowest BCUT2D eigenvalue weighted by atomic mass is 10.2. The first-order chi connectivity index (χ1) is 14.4. The van der Waals surface area contributed by atoms with Crippen molar-refractivity contribution in [2.45, 2.75) is 6.92 Å². The minimum absolute atomic E-state index is 0.213. The quantitative estimate of drug-likeness (QED) is 0.212. The molecule has 0 fully saturated rings. The third kappa shape index (κ3) is 5.33. The van der Waals surface area contributed by atoms with Crippen LogP contribution in [0.2, 0.25) is 0 Å². The molecule has 0 saturated heterocycles. The fourth-order valence-electron chi connectivity index (χ4n) is 2.44. The van der Waals surface area contributed by atoms with Crippen molar-refractivity contribution in [2.24, 2.45) is 5.10 Å². The highest BCUT2D eigenvalue weighted by molar-refractivity contribution is 9.11. The second-order valence-electron chi connectivity index (χ2n) is 6.06. The largest absolute Gasteiger partial charge is 0.497 e. The second kappa shape index (κ2) is 9.68. The highest BCUT2D eigenvalue weighted by atomic mass is 79.9. The summed E-state index contributed by atoms with van der Waals surface area (Å²) in [5.74, 6) is -0.251. The summed E-state index contributed by atoms with van der Waals surface area (Å²) in [6, 6.07) is 11.7. The van der Waals surface area contributed by atoms with Gasteiger partial charge in [0.2, 0.25) is 0 Å². The van der Waals surface area contributed by atoms with Crippen LogP contribution < -0.4 is 14.9 Å². The zero-order valence-electron chi connectivity index (χ0n) is 15.9. The maximum Gasteiger partial charge on any atom is 0.343 e. The van der Waals surface area contributed by atoms with Crippen LogP contribution >= 0.6 is 31.9 Å². The molecule has 0 atom stereocenters. The molecule has 2 aromatic carbocycles. The van der Waals surface area contributed by atoms with Gasteiger partial charge in [-0.1, -0.05) is 22.0 Å². The number of carbonyl (C=O) groups is 2. The number of aromatic nitrogens is 2. The van der Waals surface area contributed by atoms with Crippen LogP contribution in [0.5, 0.6) is 11.5 Å². The molecule has 0 spiro atoms. The van der Waals surface area contributed by atoms with Gasteiger partial charge in [-0.3, -0.25) is 9.89 Å². The van der Waals surface area contributed by atoms with Crippen LogP contribution in [-0.2, 0) is 0 Å². The third-order valence-electron chi connectivity index (χ3n) is 3.85. The first kappa shape index (κ1) is 21.7. The van der Waals surface area contributed by atoms with Crippen molar-refractivity contribution in [3.63, 3.8) is 0 Å². The average Bonchev–Trinajstić information content (AvgIpc) is 3.16. The fraction of sp³-hybridized carbons (Fsp3) is 0.100. The molecule has 30 heavy (non-hydrogen) atoms. The summed E-state index contributed by atoms with van der Waals surface area (Å²) in [7, 11) is 1.52. The molecule has 3 aromatic rings. The van der Waals surface area contributed by atoms with E-state index >= 15 is 0 Å². The van der Waals surface area contributed by atoms with E-state index in [9.17, 15) is 9.59 Å². The Balaban J connectivity index is 1.81. The summed E-state index contributed by atoms with van der Waals surface area (Å²) in [4.78, 5) is 24.7. The molecule has 154 valence electrons. The third-order valence-corrected chi connectivity index (χ3v) is 4.89. The summed E-state index contributed by atoms with van der Waals surface area (Å²) in [5.41, 5.74) is 4.15. The van der Waals surface area contributed by atoms with Gasteiger partial charge in [-0.15, -0.1) is 0 Å². The lowest BCUT2D eigenvalue weighted by molar-refractivity contribution is 0.0732. The maximum absolute atomic E-state index is 12.6. The van der Waals surface area contributed by atoms with Crippen molar-refractivity contribution < 1.29 is 19.1 Å². The van der Waals surface area contributed by atoms with Crippen LogP contribution in [0.15, 0.2) is 56.5 Å². The number of aryl methyl sites for hydroxylation is 1. The summed E-state index contributed by atoms with van der Waals surface area (Å²) in [6.07, 6.45) is 1.38. The zero-order chi connectivity index (χ0) is 21.7. The van der Waals surface area contributed by atoms with Gasteiger partial charge < -0.3 is 9.47 Å². The first-order valence-corrected chi connectivity index (χ1v) is 10.2. The van der Waals surface area contributed by atoms with E-state index in [1.165, 1.54) is 13.3 Å². The predicted octanol–water partition coefficient (Wildman–Crippen LogP) is 4.23. The van der Waals surface area contributed by atoms with Gasteiger partial charge in [0.15, 0.2) is 11.4 Å². The number of nitrogens with one attached hydrogen (secondary N) is 2. The Morgan fingerprint density at radius 1 is 1.20 bits per heavy atom. The SMILES string of the molecule is COc1cccc(C(=O)Oc2c(Br)cc(Br)cc2/C=N\NC(=O)c2cc(C)[nH]n2)c1. The number of rotatable bonds is 6. The molecule has 0 radical (unpaired) electrons. The Morgan fingerprint density at radius 2 is 2.00 bits per heavy atom. The van der Waals surface area contributed by atoms with Crippen LogP contribution in [0.1, 0.15) is 32.1 Å². The van der Waals surface area contributed by atoms with E-state index in [4.69, 9.17) is 9.47 Å². The highest BCUT2D eigenvalue weighted by Gasteiger charge is 2.16. The Bertz CT molecular complexity index is 1130. The molecule has 1 heterocycles. The number of halogens is 2. The summed E-state index contributed by atoms with van der Waals surface area (Å²) in [6.45, 7) is 1.79. The van der Waals surface area contributed by atoms with Gasteiger partial charge in [0.25, 0.3) is 5.91 Å². The second-order valence-corrected chi connectivity index (χ2v) is 7.83. The average molecular weight is 536 g/mol. The number of carbonyl (C=O) groups excluding carboxylic acids is 2. The summed E-state index contributed by atoms with van der Waals surface area (Å²) in [5, 5.41) is 10.5. The monoisotopic (exact) mass is 534 g/mol. The van der Waals surface area contributed by atoms with Crippen LogP contribution in [0.25, 0.3) is 0 Å². The Kier molecular flexibility index (Phi) is 7.01. The van der Waals surface area contributed by atoms with E-state index in [-0.39, 0.29) is 11.4 Å². The number of nitrogens with zero attached hydrogens (tertiary/aromatic N) is 2. The molecule has 0 saturated carbocycles. The standard InChI is InChI=1S/C20H16Br2N4O4/c1-11-6-17(25-24-11)19(27)26-23-10-13-7-14(21)9-16(22)18(13)30-20(28)12-4-3-5-15(8-12)29-2/h3-10H,1-2H3,(H,24,25)(H,26,27)/b23-10-. The molecular weight excluding hydrogens is 520 g/mol. The van der Waals surface area contributed by atoms with Gasteiger partial charge in [0.05, 0.1) is 23.4 Å². The van der Waals surface area contributed by atoms with Gasteiger partial charge in [-0.05, 0) is 59.3 Å². The number of methoxy groups -OCH3 is 1. The van der Waals surface area contributed by atoms with Crippen molar-refractivity contribution in [1.82, 2.24) is 15.6 Å². The number of hydrogen-bond donors (Lipinski definition) is 2. The number of amides is 1. The van der Waals surface area contributed by atoms with Gasteiger partial charge >= 0.3 is 5.97 Å². The zero-order valence-corrected chi connectivity index (χ0v) is 19.1. The molecule has 10 heteroatoms. The van der Waals surface area contributed by atoms with E-state index in [1.807, 2.05) is 0 Å². The molecule has 0 aliphatic heterocycles. The highest BCUT2D eigenvalue weighted by Crippen LogP contribution is 2.33. The van der Waals surface area contributed by atoms with Crippen molar-refractivity contribution in [2.75, 3.05) is 7.11 Å². The van der Waals surface area contributed by atoms with Gasteiger partial charge in [0, 0.05) is 15.7 Å². The smallest absolute Gasteiger partial charge is 0.343 e. The minimum Gasteiger partial charge on any atom is -0.497 e. The minimum atomic E-state index is -0.567. The van der Waals surface area contributed by atoms with E-state index in [2.05, 4.69) is 52.6 Å². The number of aromatic amines is 1. The molecule has 0 unspecified atom stereocenters. The lowest BCUT2D eigenvalue weighted by Gasteiger charge is -2.11. The van der Waals surface area contributed by atoms with E-state index in [0.717, 1.165) is 10.2 Å². The van der Waals surface area contributed by atoms with Crippen molar-refractivity contribution >= 4 is 50.0 Å². The van der Waals surface area contributed by atoms with E-state index < -0.39 is 11.9 Å². The van der Waals surface area contributed by atoms with Crippen LogP contribution in [0.4, 0.5) is 0 Å². The number of esters is 1. The molecule has 8 nitrogen and oxygen atoms in total. The molecule has 1 aromatic heterocycles. The molecule has 0 bridgehead atoms. The Hall–Kier alpha value is -2.98. The Labute approximate surface area is 188 Å². The number of ether oxygens (including phenoxy) is 2. The van der Waals surface area contributed by atoms with Gasteiger partial charge in [-0.2, -0.15) is 10.2 Å². The number of benzene rings is 2. The molecule has 3 rings (SSSR count). The van der Waals surface area contributed by atoms with E-state index in [0.29, 0.717) is 21.3 Å². The van der Waals surface area contributed by atoms with Crippen LogP contribution in [0, 0.1) is 6.92 Å². The van der Waals surface area contributed by atoms with Gasteiger partial charge in [0.1, 0.15) is 5.75 Å². The predicted molar refractivity (Wildman–Crippen MR) is 118 cm³/mol. The summed E-state index contributed by atoms with van der Waals surface area (Å²) >= 11 is 6.78. The maximum atomic E-state index is 12.6. The molecule has 1 amide bonds. The van der Waals surface area contributed by atoms with Crippen molar-refractivity contribution in [1.29, 1.82) is 0 Å². The molecule has 2 N–H and O–H groups in total. The fourth-order valence-corrected chi connectivity index (χ4v) is 3.78. The summed E-state index contributed by atoms with van der Waals surface area (Å²) < 4.78 is 12.0. The lowest BCUT2D eigenvalue weighted by Crippen LogP contribution is -2.18. The van der Waals surface area contributed by atoms with Crippen LogP contribution in [-0.4, -0.2) is 35.4 Å². The molecule has 0 aliphatic carbocycles. The number of H-pyrrole nitrogens is 1. The van der Waals surface area contributed by atoms with Crippen molar-refractivity contribution in [3.8, 4) is 11.5 Å². The van der Waals surface area contributed by atoms with Crippen LogP contribution in [0.3, 0.4) is 0 Å². The molecular formula is C20H16Br2N4O4. The van der Waals surface area contributed by atoms with Crippen molar-refractivity contribution in [3.05, 3.63) is 73.9 Å². The molecule has 0 aliphatic rings. The Morgan fingerprint density at radius 3 is 2.70 bits per heavy atom.